The third-order valence-corrected chi connectivity index (χ3v) is 6.06. The Kier molecular flexibility index (Phi) is 5.03. The molecule has 6 nitrogen and oxygen atoms in total. The number of fused-ring (bicyclic) bond motifs is 1. The minimum atomic E-state index is -4.52. The topological polar surface area (TPSA) is 79.2 Å². The highest BCUT2D eigenvalue weighted by Crippen LogP contribution is 2.45. The van der Waals surface area contributed by atoms with Crippen LogP contribution in [0.2, 0.25) is 0 Å². The van der Waals surface area contributed by atoms with Crippen LogP contribution in [0.5, 0.6) is 5.75 Å². The summed E-state index contributed by atoms with van der Waals surface area (Å²) in [6, 6.07) is 5.53. The van der Waals surface area contributed by atoms with Gasteiger partial charge in [0.1, 0.15) is 17.1 Å². The molecule has 0 unspecified atom stereocenters. The van der Waals surface area contributed by atoms with Crippen molar-refractivity contribution in [3.8, 4) is 5.75 Å². The third kappa shape index (κ3) is 3.84. The van der Waals surface area contributed by atoms with E-state index < -0.39 is 24.2 Å². The number of aromatic nitrogens is 2. The molecule has 1 aliphatic rings. The van der Waals surface area contributed by atoms with Gasteiger partial charge in [-0.05, 0) is 29.6 Å². The van der Waals surface area contributed by atoms with Crippen molar-refractivity contribution in [2.24, 2.45) is 0 Å². The van der Waals surface area contributed by atoms with Crippen LogP contribution in [-0.4, -0.2) is 27.0 Å². The van der Waals surface area contributed by atoms with Crippen LogP contribution in [0.15, 0.2) is 46.4 Å². The molecule has 152 valence electrons. The molecule has 1 aromatic carbocycles. The maximum atomic E-state index is 13.7. The number of rotatable bonds is 3. The monoisotopic (exact) mass is 486 g/mol. The van der Waals surface area contributed by atoms with Gasteiger partial charge in [-0.1, -0.05) is 22.0 Å². The Morgan fingerprint density at radius 2 is 2.17 bits per heavy atom. The molecular weight excluding hydrogens is 473 g/mol. The van der Waals surface area contributed by atoms with Gasteiger partial charge >= 0.3 is 6.18 Å². The van der Waals surface area contributed by atoms with Crippen LogP contribution in [0.1, 0.15) is 33.7 Å². The number of benzene rings is 1. The molecule has 1 amide bonds. The van der Waals surface area contributed by atoms with E-state index in [1.165, 1.54) is 23.5 Å². The maximum absolute atomic E-state index is 13.7. The highest BCUT2D eigenvalue weighted by molar-refractivity contribution is 9.10. The first-order valence-corrected chi connectivity index (χ1v) is 10.2. The summed E-state index contributed by atoms with van der Waals surface area (Å²) in [6.07, 6.45) is -3.65. The summed E-state index contributed by atoms with van der Waals surface area (Å²) >= 11 is 4.58. The van der Waals surface area contributed by atoms with Gasteiger partial charge in [0.05, 0.1) is 17.9 Å². The quantitative estimate of drug-likeness (QED) is 0.437. The lowest BCUT2D eigenvalue weighted by Gasteiger charge is -2.33. The second kappa shape index (κ2) is 7.38. The predicted octanol–water partition coefficient (Wildman–Crippen LogP) is 5.33. The van der Waals surface area contributed by atoms with E-state index in [9.17, 15) is 23.1 Å². The highest BCUT2D eigenvalue weighted by atomic mass is 79.9. The number of nitrogens with one attached hydrogen (secondary N) is 2. The molecule has 0 radical (unpaired) electrons. The zero-order chi connectivity index (χ0) is 20.8. The lowest BCUT2D eigenvalue weighted by atomic mass is 10.0. The number of aromatic hydroxyl groups is 1. The van der Waals surface area contributed by atoms with E-state index in [1.807, 2.05) is 0 Å². The Balaban J connectivity index is 1.70. The van der Waals surface area contributed by atoms with Gasteiger partial charge in [0.2, 0.25) is 0 Å². The lowest BCUT2D eigenvalue weighted by Crippen LogP contribution is -2.36. The van der Waals surface area contributed by atoms with E-state index in [-0.39, 0.29) is 29.2 Å². The Hall–Kier alpha value is -2.53. The Morgan fingerprint density at radius 1 is 1.38 bits per heavy atom. The molecule has 0 fully saturated rings. The van der Waals surface area contributed by atoms with Crippen molar-refractivity contribution in [3.63, 3.8) is 0 Å². The first kappa shape index (κ1) is 19.8. The number of phenols is 1. The standard InChI is InChI=1S/C18H14BrF3N4O2S/c19-9-3-4-13(27)11(6-9)25-17(28)10-8-23-26-15(18(20,21)22)7-12(24-16(10)26)14-2-1-5-29-14/h1-6,8,12,15,24,27H,7H2,(H,25,28)/t12-,15+/m1/s1. The molecule has 3 aromatic rings. The fraction of sp³-hybridized carbons (Fsp3) is 0.222. The van der Waals surface area contributed by atoms with Crippen LogP contribution in [0.4, 0.5) is 24.7 Å². The van der Waals surface area contributed by atoms with Gasteiger partial charge in [0.25, 0.3) is 5.91 Å². The van der Waals surface area contributed by atoms with E-state index in [0.717, 1.165) is 15.8 Å². The second-order valence-electron chi connectivity index (χ2n) is 6.47. The largest absolute Gasteiger partial charge is 0.506 e. The molecule has 3 N–H and O–H groups in total. The molecule has 4 rings (SSSR count). The SMILES string of the molecule is O=C(Nc1cc(Br)ccc1O)c1cnn2c1N[C@@H](c1cccs1)C[C@H]2C(F)(F)F. The molecule has 3 heterocycles. The van der Waals surface area contributed by atoms with Crippen LogP contribution in [-0.2, 0) is 0 Å². The smallest absolute Gasteiger partial charge is 0.410 e. The van der Waals surface area contributed by atoms with Crippen LogP contribution >= 0.6 is 27.3 Å². The fourth-order valence-corrected chi connectivity index (χ4v) is 4.35. The average molecular weight is 487 g/mol. The van der Waals surface area contributed by atoms with Gasteiger partial charge < -0.3 is 15.7 Å². The van der Waals surface area contributed by atoms with Gasteiger partial charge in [-0.2, -0.15) is 18.3 Å². The molecule has 0 saturated heterocycles. The summed E-state index contributed by atoms with van der Waals surface area (Å²) in [7, 11) is 0. The van der Waals surface area contributed by atoms with E-state index >= 15 is 0 Å². The summed E-state index contributed by atoms with van der Waals surface area (Å²) in [4.78, 5) is 13.5. The van der Waals surface area contributed by atoms with Crippen molar-refractivity contribution in [1.82, 2.24) is 9.78 Å². The van der Waals surface area contributed by atoms with Crippen LogP contribution in [0, 0.1) is 0 Å². The minimum Gasteiger partial charge on any atom is -0.506 e. The van der Waals surface area contributed by atoms with E-state index in [2.05, 4.69) is 31.7 Å². The van der Waals surface area contributed by atoms with Crippen molar-refractivity contribution >= 4 is 44.7 Å². The number of carbonyl (C=O) groups is 1. The molecule has 2 atom stereocenters. The van der Waals surface area contributed by atoms with Gasteiger partial charge in [-0.15, -0.1) is 11.3 Å². The number of amides is 1. The zero-order valence-electron chi connectivity index (χ0n) is 14.6. The molecule has 0 saturated carbocycles. The predicted molar refractivity (Wildman–Crippen MR) is 106 cm³/mol. The number of alkyl halides is 3. The molecule has 2 aromatic heterocycles. The first-order valence-electron chi connectivity index (χ1n) is 8.48. The third-order valence-electron chi connectivity index (χ3n) is 4.58. The maximum Gasteiger partial charge on any atom is 0.410 e. The van der Waals surface area contributed by atoms with Gasteiger partial charge in [0, 0.05) is 15.8 Å². The highest BCUT2D eigenvalue weighted by Gasteiger charge is 2.47. The summed E-state index contributed by atoms with van der Waals surface area (Å²) < 4.78 is 42.4. The average Bonchev–Trinajstić information content (AvgIpc) is 3.32. The van der Waals surface area contributed by atoms with Crippen LogP contribution < -0.4 is 10.6 Å². The molecule has 29 heavy (non-hydrogen) atoms. The molecule has 0 spiro atoms. The van der Waals surface area contributed by atoms with E-state index in [4.69, 9.17) is 0 Å². The van der Waals surface area contributed by atoms with Gasteiger partial charge in [0.15, 0.2) is 6.04 Å². The summed E-state index contributed by atoms with van der Waals surface area (Å²) in [6.45, 7) is 0. The van der Waals surface area contributed by atoms with Crippen molar-refractivity contribution in [2.75, 3.05) is 10.6 Å². The number of carbonyl (C=O) groups excluding carboxylic acids is 1. The molecule has 1 aliphatic heterocycles. The van der Waals surface area contributed by atoms with Crippen molar-refractivity contribution in [1.29, 1.82) is 0 Å². The minimum absolute atomic E-state index is 0.0102. The Bertz CT molecular complexity index is 1050. The van der Waals surface area contributed by atoms with Crippen LogP contribution in [0.3, 0.4) is 0 Å². The van der Waals surface area contributed by atoms with Crippen molar-refractivity contribution < 1.29 is 23.1 Å². The van der Waals surface area contributed by atoms with E-state index in [1.54, 1.807) is 23.6 Å². The van der Waals surface area contributed by atoms with Crippen molar-refractivity contribution in [2.45, 2.75) is 24.7 Å². The van der Waals surface area contributed by atoms with Crippen LogP contribution in [0.25, 0.3) is 0 Å². The number of nitrogens with zero attached hydrogens (tertiary/aromatic N) is 2. The number of thiophene rings is 1. The molecular formula is C18H14BrF3N4O2S. The Morgan fingerprint density at radius 3 is 2.86 bits per heavy atom. The Labute approximate surface area is 175 Å². The number of hydrogen-bond donors (Lipinski definition) is 3. The molecule has 11 heteroatoms. The van der Waals surface area contributed by atoms with E-state index in [0.29, 0.717) is 4.47 Å². The lowest BCUT2D eigenvalue weighted by molar-refractivity contribution is -0.173. The fourth-order valence-electron chi connectivity index (χ4n) is 3.20. The summed E-state index contributed by atoms with van der Waals surface area (Å²) in [5.74, 6) is -0.857. The summed E-state index contributed by atoms with van der Waals surface area (Å²) in [5.41, 5.74) is 0.0854. The number of halogens is 4. The van der Waals surface area contributed by atoms with Crippen molar-refractivity contribution in [3.05, 3.63) is 56.8 Å². The van der Waals surface area contributed by atoms with Gasteiger partial charge in [-0.25, -0.2) is 4.68 Å². The zero-order valence-corrected chi connectivity index (χ0v) is 17.0. The van der Waals surface area contributed by atoms with Gasteiger partial charge in [-0.3, -0.25) is 4.79 Å². The molecule has 0 aliphatic carbocycles. The summed E-state index contributed by atoms with van der Waals surface area (Å²) in [5, 5.41) is 21.1. The first-order chi connectivity index (χ1) is 13.7. The number of hydrogen-bond acceptors (Lipinski definition) is 5. The second-order valence-corrected chi connectivity index (χ2v) is 8.37. The molecule has 0 bridgehead atoms. The number of phenolic OH excluding ortho intramolecular Hbond substituents is 1. The normalized spacial score (nSPS) is 18.8. The number of anilines is 2.